The van der Waals surface area contributed by atoms with Crippen LogP contribution in [0.3, 0.4) is 0 Å². The second-order valence-corrected chi connectivity index (χ2v) is 6.04. The van der Waals surface area contributed by atoms with Gasteiger partial charge < -0.3 is 15.5 Å². The first kappa shape index (κ1) is 17.8. The lowest BCUT2D eigenvalue weighted by Crippen LogP contribution is -2.49. The second kappa shape index (κ2) is 8.39. The Labute approximate surface area is 151 Å². The molecule has 3 rings (SSSR count). The average molecular weight is 355 g/mol. The summed E-state index contributed by atoms with van der Waals surface area (Å²) in [5.74, 6) is 0.0198. The highest BCUT2D eigenvalue weighted by Crippen LogP contribution is 2.24. The Balaban J connectivity index is 1.61. The van der Waals surface area contributed by atoms with Crippen LogP contribution >= 0.6 is 0 Å². The standard InChI is InChI=1S/C18H21N5O3/c24-18(7-9-21-15-5-1-2-6-16(15)23(25)26)22-11-10-20-13-17(22)14-4-3-8-19-12-14/h1-6,8,12,17,20-21H,7,9-11,13H2. The van der Waals surface area contributed by atoms with Crippen molar-refractivity contribution in [1.82, 2.24) is 15.2 Å². The van der Waals surface area contributed by atoms with Crippen molar-refractivity contribution in [2.24, 2.45) is 0 Å². The molecule has 1 aromatic heterocycles. The Morgan fingerprint density at radius 3 is 2.96 bits per heavy atom. The van der Waals surface area contributed by atoms with E-state index in [9.17, 15) is 14.9 Å². The summed E-state index contributed by atoms with van der Waals surface area (Å²) in [7, 11) is 0. The summed E-state index contributed by atoms with van der Waals surface area (Å²) < 4.78 is 0. The molecule has 1 amide bonds. The number of rotatable bonds is 6. The van der Waals surface area contributed by atoms with E-state index in [1.54, 1.807) is 30.6 Å². The molecule has 8 heteroatoms. The molecular weight excluding hydrogens is 334 g/mol. The van der Waals surface area contributed by atoms with Gasteiger partial charge in [0.2, 0.25) is 5.91 Å². The number of nitro groups is 1. The summed E-state index contributed by atoms with van der Waals surface area (Å²) in [5.41, 5.74) is 1.43. The first-order valence-corrected chi connectivity index (χ1v) is 8.54. The van der Waals surface area contributed by atoms with E-state index in [0.717, 1.165) is 12.1 Å². The number of anilines is 1. The van der Waals surface area contributed by atoms with Crippen LogP contribution in [0.1, 0.15) is 18.0 Å². The van der Waals surface area contributed by atoms with Gasteiger partial charge in [-0.25, -0.2) is 0 Å². The van der Waals surface area contributed by atoms with Crippen LogP contribution in [0.25, 0.3) is 0 Å². The molecule has 1 aliphatic rings. The maximum Gasteiger partial charge on any atom is 0.292 e. The largest absolute Gasteiger partial charge is 0.379 e. The summed E-state index contributed by atoms with van der Waals surface area (Å²) in [5, 5.41) is 17.4. The summed E-state index contributed by atoms with van der Waals surface area (Å²) in [6.07, 6.45) is 3.76. The highest BCUT2D eigenvalue weighted by atomic mass is 16.6. The third kappa shape index (κ3) is 4.15. The van der Waals surface area contributed by atoms with E-state index in [4.69, 9.17) is 0 Å². The molecule has 1 fully saturated rings. The molecule has 0 saturated carbocycles. The maximum absolute atomic E-state index is 12.7. The first-order valence-electron chi connectivity index (χ1n) is 8.54. The Hall–Kier alpha value is -3.00. The van der Waals surface area contributed by atoms with E-state index in [-0.39, 0.29) is 24.1 Å². The molecule has 8 nitrogen and oxygen atoms in total. The number of nitrogens with one attached hydrogen (secondary N) is 2. The average Bonchev–Trinajstić information content (AvgIpc) is 2.69. The lowest BCUT2D eigenvalue weighted by molar-refractivity contribution is -0.384. The van der Waals surface area contributed by atoms with Crippen LogP contribution in [0.5, 0.6) is 0 Å². The Morgan fingerprint density at radius 2 is 2.19 bits per heavy atom. The molecule has 2 aromatic rings. The predicted octanol–water partition coefficient (Wildman–Crippen LogP) is 1.96. The molecule has 1 unspecified atom stereocenters. The Kier molecular flexibility index (Phi) is 5.75. The fraction of sp³-hybridized carbons (Fsp3) is 0.333. The number of hydrogen-bond acceptors (Lipinski definition) is 6. The minimum Gasteiger partial charge on any atom is -0.379 e. The number of para-hydroxylation sites is 2. The molecule has 2 heterocycles. The lowest BCUT2D eigenvalue weighted by atomic mass is 10.0. The minimum atomic E-state index is -0.432. The van der Waals surface area contributed by atoms with Crippen molar-refractivity contribution in [2.75, 3.05) is 31.5 Å². The smallest absolute Gasteiger partial charge is 0.292 e. The SMILES string of the molecule is O=C(CCNc1ccccc1[N+](=O)[O-])N1CCNCC1c1cccnc1. The molecule has 1 aliphatic heterocycles. The van der Waals surface area contributed by atoms with Crippen molar-refractivity contribution < 1.29 is 9.72 Å². The van der Waals surface area contributed by atoms with Crippen molar-refractivity contribution >= 4 is 17.3 Å². The molecule has 0 bridgehead atoms. The molecule has 0 aliphatic carbocycles. The van der Waals surface area contributed by atoms with Crippen molar-refractivity contribution in [1.29, 1.82) is 0 Å². The van der Waals surface area contributed by atoms with Gasteiger partial charge in [-0.15, -0.1) is 0 Å². The van der Waals surface area contributed by atoms with Gasteiger partial charge in [0.15, 0.2) is 0 Å². The molecule has 1 atom stereocenters. The van der Waals surface area contributed by atoms with E-state index in [0.29, 0.717) is 25.3 Å². The third-order valence-corrected chi connectivity index (χ3v) is 4.39. The Morgan fingerprint density at radius 1 is 1.35 bits per heavy atom. The van der Waals surface area contributed by atoms with Crippen molar-refractivity contribution in [2.45, 2.75) is 12.5 Å². The van der Waals surface area contributed by atoms with Crippen LogP contribution in [-0.2, 0) is 4.79 Å². The van der Waals surface area contributed by atoms with E-state index >= 15 is 0 Å². The number of carbonyl (C=O) groups is 1. The zero-order valence-corrected chi connectivity index (χ0v) is 14.3. The molecule has 0 radical (unpaired) electrons. The normalized spacial score (nSPS) is 16.9. The number of benzene rings is 1. The summed E-state index contributed by atoms with van der Waals surface area (Å²) in [6.45, 7) is 2.41. The van der Waals surface area contributed by atoms with Crippen LogP contribution in [0.2, 0.25) is 0 Å². The van der Waals surface area contributed by atoms with Crippen LogP contribution < -0.4 is 10.6 Å². The van der Waals surface area contributed by atoms with E-state index in [1.165, 1.54) is 6.07 Å². The molecule has 0 spiro atoms. The predicted molar refractivity (Wildman–Crippen MR) is 97.8 cm³/mol. The van der Waals surface area contributed by atoms with Gasteiger partial charge in [0, 0.05) is 51.1 Å². The second-order valence-electron chi connectivity index (χ2n) is 6.04. The number of hydrogen-bond donors (Lipinski definition) is 2. The van der Waals surface area contributed by atoms with Gasteiger partial charge in [0.25, 0.3) is 5.69 Å². The Bertz CT molecular complexity index is 768. The summed E-state index contributed by atoms with van der Waals surface area (Å²) in [4.78, 5) is 29.3. The fourth-order valence-electron chi connectivity index (χ4n) is 3.10. The number of piperazine rings is 1. The van der Waals surface area contributed by atoms with Gasteiger partial charge in [-0.05, 0) is 17.7 Å². The summed E-state index contributed by atoms with van der Waals surface area (Å²) in [6, 6.07) is 10.2. The van der Waals surface area contributed by atoms with Gasteiger partial charge in [-0.1, -0.05) is 18.2 Å². The quantitative estimate of drug-likeness (QED) is 0.607. The van der Waals surface area contributed by atoms with Gasteiger partial charge in [-0.2, -0.15) is 0 Å². The molecule has 1 saturated heterocycles. The number of nitrogens with zero attached hydrogens (tertiary/aromatic N) is 3. The summed E-state index contributed by atoms with van der Waals surface area (Å²) >= 11 is 0. The van der Waals surface area contributed by atoms with Crippen molar-refractivity contribution in [3.63, 3.8) is 0 Å². The zero-order chi connectivity index (χ0) is 18.4. The number of amides is 1. The van der Waals surface area contributed by atoms with Crippen molar-refractivity contribution in [3.05, 3.63) is 64.5 Å². The number of aromatic nitrogens is 1. The molecule has 136 valence electrons. The van der Waals surface area contributed by atoms with Gasteiger partial charge >= 0.3 is 0 Å². The lowest BCUT2D eigenvalue weighted by Gasteiger charge is -2.36. The maximum atomic E-state index is 12.7. The molecule has 2 N–H and O–H groups in total. The monoisotopic (exact) mass is 355 g/mol. The molecular formula is C18H21N5O3. The fourth-order valence-corrected chi connectivity index (χ4v) is 3.10. The highest BCUT2D eigenvalue weighted by molar-refractivity contribution is 5.77. The third-order valence-electron chi connectivity index (χ3n) is 4.39. The van der Waals surface area contributed by atoms with Crippen molar-refractivity contribution in [3.8, 4) is 0 Å². The molecule has 26 heavy (non-hydrogen) atoms. The minimum absolute atomic E-state index is 0.00959. The van der Waals surface area contributed by atoms with Gasteiger partial charge in [0.1, 0.15) is 5.69 Å². The van der Waals surface area contributed by atoms with E-state index in [2.05, 4.69) is 15.6 Å². The zero-order valence-electron chi connectivity index (χ0n) is 14.3. The van der Waals surface area contributed by atoms with Crippen LogP contribution in [0.15, 0.2) is 48.8 Å². The number of pyridine rings is 1. The number of nitro benzene ring substituents is 1. The molecule has 1 aromatic carbocycles. The van der Waals surface area contributed by atoms with E-state index in [1.807, 2.05) is 17.0 Å². The number of carbonyl (C=O) groups excluding carboxylic acids is 1. The highest BCUT2D eigenvalue weighted by Gasteiger charge is 2.27. The van der Waals surface area contributed by atoms with Crippen LogP contribution in [0.4, 0.5) is 11.4 Å². The first-order chi connectivity index (χ1) is 12.7. The van der Waals surface area contributed by atoms with Crippen LogP contribution in [-0.4, -0.2) is 46.9 Å². The van der Waals surface area contributed by atoms with Gasteiger partial charge in [0.05, 0.1) is 11.0 Å². The van der Waals surface area contributed by atoms with E-state index < -0.39 is 4.92 Å². The van der Waals surface area contributed by atoms with Crippen LogP contribution in [0, 0.1) is 10.1 Å². The topological polar surface area (TPSA) is 100 Å². The van der Waals surface area contributed by atoms with Gasteiger partial charge in [-0.3, -0.25) is 19.9 Å².